The number of carbonyl (C=O) groups excluding carboxylic acids is 1. The van der Waals surface area contributed by atoms with Gasteiger partial charge in [-0.1, -0.05) is 37.6 Å². The number of carbonyl (C=O) groups is 1. The summed E-state index contributed by atoms with van der Waals surface area (Å²) >= 11 is 0. The van der Waals surface area contributed by atoms with Gasteiger partial charge >= 0.3 is 0 Å². The molecule has 1 amide bonds. The molecule has 1 fully saturated rings. The average molecular weight is 553 g/mol. The zero-order valence-electron chi connectivity index (χ0n) is 23.7. The van der Waals surface area contributed by atoms with Crippen molar-refractivity contribution >= 4 is 34.5 Å². The summed E-state index contributed by atoms with van der Waals surface area (Å²) < 4.78 is 6.94. The fourth-order valence-corrected chi connectivity index (χ4v) is 5.03. The van der Waals surface area contributed by atoms with Crippen molar-refractivity contribution in [3.63, 3.8) is 0 Å². The Morgan fingerprint density at radius 3 is 2.54 bits per heavy atom. The number of aromatic nitrogens is 2. The Balaban J connectivity index is 1.38. The van der Waals surface area contributed by atoms with Crippen LogP contribution in [0.15, 0.2) is 71.7 Å². The van der Waals surface area contributed by atoms with E-state index >= 15 is 0 Å². The monoisotopic (exact) mass is 552 g/mol. The number of aryl methyl sites for hydroxylation is 2. The molecule has 1 aromatic heterocycles. The van der Waals surface area contributed by atoms with Crippen LogP contribution in [0.25, 0.3) is 11.3 Å². The molecular weight excluding hydrogens is 516 g/mol. The maximum atomic E-state index is 13.0. The molecule has 9 nitrogen and oxygen atoms in total. The van der Waals surface area contributed by atoms with E-state index in [-0.39, 0.29) is 17.3 Å². The number of hydrogen-bond acceptors (Lipinski definition) is 7. The topological polar surface area (TPSA) is 115 Å². The standard InChI is InChI=1S/C32H36N6O3/c1-4-6-22-9-11-23(12-10-22)31(39)36-27-8-5-7-25(21(27)2)28-20-37(3)32(40)30(35-28)34-24-13-14-29(26(33)19-24)38-15-17-41-18-16-38/h5,7-14,19-20H,4,6,15-18,33H2,1-3H3,(H,34,35)(H,36,39). The van der Waals surface area contributed by atoms with E-state index in [9.17, 15) is 9.59 Å². The number of nitrogens with zero attached hydrogens (tertiary/aromatic N) is 3. The number of amides is 1. The molecular formula is C32H36N6O3. The Bertz CT molecular complexity index is 1610. The van der Waals surface area contributed by atoms with Crippen LogP contribution in [0.5, 0.6) is 0 Å². The Labute approximate surface area is 240 Å². The normalized spacial score (nSPS) is 13.2. The van der Waals surface area contributed by atoms with Gasteiger partial charge in [0.05, 0.1) is 30.3 Å². The van der Waals surface area contributed by atoms with Crippen LogP contribution in [0.4, 0.5) is 28.6 Å². The third-order valence-electron chi connectivity index (χ3n) is 7.33. The van der Waals surface area contributed by atoms with E-state index in [1.54, 1.807) is 13.2 Å². The largest absolute Gasteiger partial charge is 0.397 e. The second-order valence-electron chi connectivity index (χ2n) is 10.3. The number of ether oxygens (including phenoxy) is 1. The molecule has 0 aliphatic carbocycles. The third-order valence-corrected chi connectivity index (χ3v) is 7.33. The highest BCUT2D eigenvalue weighted by atomic mass is 16.5. The maximum Gasteiger partial charge on any atom is 0.293 e. The van der Waals surface area contributed by atoms with Crippen LogP contribution in [-0.2, 0) is 18.2 Å². The summed E-state index contributed by atoms with van der Waals surface area (Å²) in [6.07, 6.45) is 3.74. The summed E-state index contributed by atoms with van der Waals surface area (Å²) in [5.74, 6) is 0.00622. The van der Waals surface area contributed by atoms with E-state index in [0.29, 0.717) is 41.5 Å². The quantitative estimate of drug-likeness (QED) is 0.260. The molecule has 0 spiro atoms. The summed E-state index contributed by atoms with van der Waals surface area (Å²) in [4.78, 5) is 32.9. The fraction of sp³-hybridized carbons (Fsp3) is 0.281. The van der Waals surface area contributed by atoms with Crippen molar-refractivity contribution < 1.29 is 9.53 Å². The van der Waals surface area contributed by atoms with E-state index in [2.05, 4.69) is 27.4 Å². The molecule has 41 heavy (non-hydrogen) atoms. The smallest absolute Gasteiger partial charge is 0.293 e. The number of nitrogens with two attached hydrogens (primary N) is 1. The molecule has 0 radical (unpaired) electrons. The molecule has 1 aliphatic rings. The van der Waals surface area contributed by atoms with Crippen LogP contribution in [-0.4, -0.2) is 41.8 Å². The first-order chi connectivity index (χ1) is 19.8. The Morgan fingerprint density at radius 2 is 1.83 bits per heavy atom. The van der Waals surface area contributed by atoms with Gasteiger partial charge < -0.3 is 30.6 Å². The summed E-state index contributed by atoms with van der Waals surface area (Å²) in [5, 5.41) is 6.19. The van der Waals surface area contributed by atoms with Gasteiger partial charge in [-0.2, -0.15) is 0 Å². The van der Waals surface area contributed by atoms with Crippen LogP contribution >= 0.6 is 0 Å². The van der Waals surface area contributed by atoms with Crippen LogP contribution in [0.1, 0.15) is 34.8 Å². The van der Waals surface area contributed by atoms with Gasteiger partial charge in [-0.3, -0.25) is 9.59 Å². The Kier molecular flexibility index (Phi) is 8.35. The van der Waals surface area contributed by atoms with Crippen molar-refractivity contribution in [1.82, 2.24) is 9.55 Å². The summed E-state index contributed by atoms with van der Waals surface area (Å²) in [6.45, 7) is 6.97. The molecule has 3 aromatic carbocycles. The number of hydrogen-bond donors (Lipinski definition) is 3. The molecule has 4 N–H and O–H groups in total. The van der Waals surface area contributed by atoms with E-state index in [1.807, 2.05) is 67.6 Å². The molecule has 0 atom stereocenters. The van der Waals surface area contributed by atoms with Crippen LogP contribution < -0.4 is 26.8 Å². The number of anilines is 5. The lowest BCUT2D eigenvalue weighted by Crippen LogP contribution is -2.36. The SMILES string of the molecule is CCCc1ccc(C(=O)Nc2cccc(-c3cn(C)c(=O)c(Nc4ccc(N5CCOCC5)c(N)c4)n3)c2C)cc1. The molecule has 1 aliphatic heterocycles. The van der Waals surface area contributed by atoms with Gasteiger partial charge in [-0.25, -0.2) is 4.98 Å². The highest BCUT2D eigenvalue weighted by molar-refractivity contribution is 6.05. The predicted octanol–water partition coefficient (Wildman–Crippen LogP) is 5.12. The Morgan fingerprint density at radius 1 is 1.07 bits per heavy atom. The van der Waals surface area contributed by atoms with Crippen LogP contribution in [0.3, 0.4) is 0 Å². The minimum Gasteiger partial charge on any atom is -0.397 e. The first kappa shape index (κ1) is 27.9. The molecule has 5 rings (SSSR count). The zero-order chi connectivity index (χ0) is 28.9. The van der Waals surface area contributed by atoms with Gasteiger partial charge in [0.2, 0.25) is 0 Å². The maximum absolute atomic E-state index is 13.0. The lowest BCUT2D eigenvalue weighted by atomic mass is 10.0. The first-order valence-electron chi connectivity index (χ1n) is 13.9. The Hall–Kier alpha value is -4.63. The van der Waals surface area contributed by atoms with Gasteiger partial charge in [0.1, 0.15) is 0 Å². The molecule has 1 saturated heterocycles. The minimum atomic E-state index is -0.266. The molecule has 0 bridgehead atoms. The minimum absolute atomic E-state index is 0.179. The van der Waals surface area contributed by atoms with Crippen molar-refractivity contribution in [3.8, 4) is 11.3 Å². The van der Waals surface area contributed by atoms with Gasteiger partial charge in [-0.05, 0) is 60.9 Å². The summed E-state index contributed by atoms with van der Waals surface area (Å²) in [6, 6.07) is 19.0. The highest BCUT2D eigenvalue weighted by Crippen LogP contribution is 2.30. The number of morpholine rings is 1. The van der Waals surface area contributed by atoms with Gasteiger partial charge in [0.25, 0.3) is 11.5 Å². The molecule has 212 valence electrons. The molecule has 9 heteroatoms. The number of rotatable bonds is 8. The molecule has 0 unspecified atom stereocenters. The van der Waals surface area contributed by atoms with Gasteiger partial charge in [0, 0.05) is 48.8 Å². The lowest BCUT2D eigenvalue weighted by molar-refractivity contribution is 0.102. The second-order valence-corrected chi connectivity index (χ2v) is 10.3. The summed E-state index contributed by atoms with van der Waals surface area (Å²) in [7, 11) is 1.69. The van der Waals surface area contributed by atoms with E-state index in [4.69, 9.17) is 10.5 Å². The molecule has 4 aromatic rings. The molecule has 0 saturated carbocycles. The van der Waals surface area contributed by atoms with E-state index < -0.39 is 0 Å². The summed E-state index contributed by atoms with van der Waals surface area (Å²) in [5.41, 5.74) is 13.1. The van der Waals surface area contributed by atoms with Crippen LogP contribution in [0, 0.1) is 6.92 Å². The van der Waals surface area contributed by atoms with Crippen LogP contribution in [0.2, 0.25) is 0 Å². The zero-order valence-corrected chi connectivity index (χ0v) is 23.7. The van der Waals surface area contributed by atoms with Gasteiger partial charge in [0.15, 0.2) is 5.82 Å². The first-order valence-corrected chi connectivity index (χ1v) is 13.9. The predicted molar refractivity (Wildman–Crippen MR) is 165 cm³/mol. The van der Waals surface area contributed by atoms with Crippen molar-refractivity contribution in [2.45, 2.75) is 26.7 Å². The molecule has 2 heterocycles. The number of nitrogen functional groups attached to an aromatic ring is 1. The lowest BCUT2D eigenvalue weighted by Gasteiger charge is -2.30. The van der Waals surface area contributed by atoms with Crippen molar-refractivity contribution in [1.29, 1.82) is 0 Å². The van der Waals surface area contributed by atoms with Gasteiger partial charge in [-0.15, -0.1) is 0 Å². The second kappa shape index (κ2) is 12.3. The average Bonchev–Trinajstić information content (AvgIpc) is 2.97. The number of nitrogens with one attached hydrogen (secondary N) is 2. The third kappa shape index (κ3) is 6.25. The van der Waals surface area contributed by atoms with Crippen molar-refractivity contribution in [2.75, 3.05) is 47.6 Å². The van der Waals surface area contributed by atoms with Crippen molar-refractivity contribution in [3.05, 3.63) is 93.9 Å². The van der Waals surface area contributed by atoms with Crippen molar-refractivity contribution in [2.24, 2.45) is 7.05 Å². The highest BCUT2D eigenvalue weighted by Gasteiger charge is 2.17. The van der Waals surface area contributed by atoms with E-state index in [0.717, 1.165) is 42.7 Å². The van der Waals surface area contributed by atoms with E-state index in [1.165, 1.54) is 10.1 Å². The fourth-order valence-electron chi connectivity index (χ4n) is 5.03. The number of benzene rings is 3.